The lowest BCUT2D eigenvalue weighted by molar-refractivity contribution is 0.107. The SMILES string of the molecule is CC/C(=N\OCCOc1ccccc1)c1ccc(-c2cccc(OC)c2)cc1. The molecule has 0 saturated heterocycles. The highest BCUT2D eigenvalue weighted by Gasteiger charge is 2.05. The zero-order valence-electron chi connectivity index (χ0n) is 16.3. The molecule has 0 spiro atoms. The number of para-hydroxylation sites is 1. The highest BCUT2D eigenvalue weighted by molar-refractivity contribution is 6.00. The van der Waals surface area contributed by atoms with Gasteiger partial charge >= 0.3 is 0 Å². The Balaban J connectivity index is 1.58. The number of oxime groups is 1. The topological polar surface area (TPSA) is 40.0 Å². The molecule has 0 aliphatic heterocycles. The van der Waals surface area contributed by atoms with Gasteiger partial charge in [-0.05, 0) is 47.4 Å². The van der Waals surface area contributed by atoms with Crippen LogP contribution in [0.25, 0.3) is 11.1 Å². The summed E-state index contributed by atoms with van der Waals surface area (Å²) in [6.07, 6.45) is 0.790. The lowest BCUT2D eigenvalue weighted by atomic mass is 10.0. The van der Waals surface area contributed by atoms with E-state index in [0.29, 0.717) is 13.2 Å². The summed E-state index contributed by atoms with van der Waals surface area (Å²) in [5.41, 5.74) is 4.22. The number of hydrogen-bond donors (Lipinski definition) is 0. The van der Waals surface area contributed by atoms with E-state index in [1.54, 1.807) is 7.11 Å². The smallest absolute Gasteiger partial charge is 0.151 e. The van der Waals surface area contributed by atoms with E-state index in [-0.39, 0.29) is 0 Å². The van der Waals surface area contributed by atoms with Crippen LogP contribution in [-0.2, 0) is 4.84 Å². The Kier molecular flexibility index (Phi) is 7.08. The fraction of sp³-hybridized carbons (Fsp3) is 0.208. The van der Waals surface area contributed by atoms with Crippen LogP contribution >= 0.6 is 0 Å². The molecular weight excluding hydrogens is 350 g/mol. The van der Waals surface area contributed by atoms with Crippen molar-refractivity contribution in [3.8, 4) is 22.6 Å². The molecule has 0 aliphatic rings. The molecule has 0 aromatic heterocycles. The maximum Gasteiger partial charge on any atom is 0.151 e. The molecule has 4 heteroatoms. The predicted molar refractivity (Wildman–Crippen MR) is 113 cm³/mol. The van der Waals surface area contributed by atoms with Gasteiger partial charge in [0.1, 0.15) is 18.1 Å². The van der Waals surface area contributed by atoms with Crippen molar-refractivity contribution in [2.45, 2.75) is 13.3 Å². The van der Waals surface area contributed by atoms with E-state index in [2.05, 4.69) is 42.4 Å². The first-order valence-corrected chi connectivity index (χ1v) is 9.41. The van der Waals surface area contributed by atoms with Gasteiger partial charge in [0, 0.05) is 0 Å². The highest BCUT2D eigenvalue weighted by Crippen LogP contribution is 2.24. The number of nitrogens with zero attached hydrogens (tertiary/aromatic N) is 1. The lowest BCUT2D eigenvalue weighted by Crippen LogP contribution is -2.06. The minimum Gasteiger partial charge on any atom is -0.497 e. The number of methoxy groups -OCH3 is 1. The van der Waals surface area contributed by atoms with Crippen molar-refractivity contribution >= 4 is 5.71 Å². The van der Waals surface area contributed by atoms with E-state index in [4.69, 9.17) is 14.3 Å². The fourth-order valence-corrected chi connectivity index (χ4v) is 2.82. The molecular formula is C24H25NO3. The number of rotatable bonds is 9. The van der Waals surface area contributed by atoms with Crippen LogP contribution in [0.4, 0.5) is 0 Å². The second kappa shape index (κ2) is 10.2. The average molecular weight is 375 g/mol. The predicted octanol–water partition coefficient (Wildman–Crippen LogP) is 5.57. The molecule has 0 saturated carbocycles. The molecule has 144 valence electrons. The van der Waals surface area contributed by atoms with Crippen molar-refractivity contribution in [3.63, 3.8) is 0 Å². The van der Waals surface area contributed by atoms with E-state index < -0.39 is 0 Å². The molecule has 0 atom stereocenters. The second-order valence-corrected chi connectivity index (χ2v) is 6.20. The Hall–Kier alpha value is -3.27. The Morgan fingerprint density at radius 1 is 0.786 bits per heavy atom. The molecule has 3 rings (SSSR count). The number of ether oxygens (including phenoxy) is 2. The third kappa shape index (κ3) is 5.36. The van der Waals surface area contributed by atoms with E-state index >= 15 is 0 Å². The monoisotopic (exact) mass is 375 g/mol. The standard InChI is InChI=1S/C24H25NO3/c1-3-24(25-28-17-16-27-22-9-5-4-6-10-22)20-14-12-19(13-15-20)21-8-7-11-23(18-21)26-2/h4-15,18H,3,16-17H2,1-2H3/b25-24+. The second-order valence-electron chi connectivity index (χ2n) is 6.20. The summed E-state index contributed by atoms with van der Waals surface area (Å²) in [5.74, 6) is 1.68. The molecule has 0 fully saturated rings. The lowest BCUT2D eigenvalue weighted by Gasteiger charge is -2.08. The van der Waals surface area contributed by atoms with Crippen LogP contribution in [0.5, 0.6) is 11.5 Å². The van der Waals surface area contributed by atoms with E-state index in [0.717, 1.165) is 40.3 Å². The van der Waals surface area contributed by atoms with Crippen molar-refractivity contribution in [2.75, 3.05) is 20.3 Å². The van der Waals surface area contributed by atoms with Crippen LogP contribution in [0.15, 0.2) is 84.0 Å². The molecule has 4 nitrogen and oxygen atoms in total. The minimum atomic E-state index is 0.403. The van der Waals surface area contributed by atoms with Crippen LogP contribution in [0, 0.1) is 0 Å². The molecule has 0 N–H and O–H groups in total. The van der Waals surface area contributed by atoms with Crippen LogP contribution in [-0.4, -0.2) is 26.0 Å². The Labute approximate surface area is 166 Å². The van der Waals surface area contributed by atoms with Gasteiger partial charge in [-0.3, -0.25) is 0 Å². The van der Waals surface area contributed by atoms with E-state index in [1.165, 1.54) is 0 Å². The summed E-state index contributed by atoms with van der Waals surface area (Å²) in [6.45, 7) is 2.93. The summed E-state index contributed by atoms with van der Waals surface area (Å²) >= 11 is 0. The summed E-state index contributed by atoms with van der Waals surface area (Å²) in [5, 5.41) is 4.29. The van der Waals surface area contributed by atoms with Crippen LogP contribution < -0.4 is 9.47 Å². The van der Waals surface area contributed by atoms with Crippen molar-refractivity contribution in [2.24, 2.45) is 5.16 Å². The molecule has 3 aromatic rings. The van der Waals surface area contributed by atoms with Gasteiger partial charge in [-0.25, -0.2) is 0 Å². The first kappa shape index (κ1) is 19.5. The van der Waals surface area contributed by atoms with Gasteiger partial charge < -0.3 is 14.3 Å². The van der Waals surface area contributed by atoms with Gasteiger partial charge in [0.05, 0.1) is 12.8 Å². The Morgan fingerprint density at radius 3 is 2.25 bits per heavy atom. The summed E-state index contributed by atoms with van der Waals surface area (Å²) in [6, 6.07) is 26.0. The zero-order chi connectivity index (χ0) is 19.6. The Bertz CT molecular complexity index is 889. The molecule has 0 aliphatic carbocycles. The van der Waals surface area contributed by atoms with Gasteiger partial charge in [-0.1, -0.05) is 66.7 Å². The van der Waals surface area contributed by atoms with Crippen molar-refractivity contribution in [3.05, 3.63) is 84.4 Å². The molecule has 28 heavy (non-hydrogen) atoms. The maximum atomic E-state index is 5.61. The quantitative estimate of drug-likeness (QED) is 0.279. The number of benzene rings is 3. The van der Waals surface area contributed by atoms with Gasteiger partial charge in [0.15, 0.2) is 6.61 Å². The molecule has 3 aromatic carbocycles. The van der Waals surface area contributed by atoms with Gasteiger partial charge in [0.25, 0.3) is 0 Å². The van der Waals surface area contributed by atoms with Crippen LogP contribution in [0.2, 0.25) is 0 Å². The average Bonchev–Trinajstić information content (AvgIpc) is 2.77. The van der Waals surface area contributed by atoms with Crippen molar-refractivity contribution in [1.82, 2.24) is 0 Å². The minimum absolute atomic E-state index is 0.403. The highest BCUT2D eigenvalue weighted by atomic mass is 16.6. The third-order valence-electron chi connectivity index (χ3n) is 4.32. The van der Waals surface area contributed by atoms with Gasteiger partial charge in [-0.2, -0.15) is 0 Å². The molecule has 0 unspecified atom stereocenters. The van der Waals surface area contributed by atoms with E-state index in [1.807, 2.05) is 48.5 Å². The first-order valence-electron chi connectivity index (χ1n) is 9.41. The van der Waals surface area contributed by atoms with E-state index in [9.17, 15) is 0 Å². The summed E-state index contributed by atoms with van der Waals surface area (Å²) in [4.78, 5) is 5.45. The normalized spacial score (nSPS) is 11.1. The fourth-order valence-electron chi connectivity index (χ4n) is 2.82. The molecule has 0 bridgehead atoms. The first-order chi connectivity index (χ1) is 13.8. The molecule has 0 amide bonds. The third-order valence-corrected chi connectivity index (χ3v) is 4.32. The molecule has 0 radical (unpaired) electrons. The number of hydrogen-bond acceptors (Lipinski definition) is 4. The van der Waals surface area contributed by atoms with Crippen molar-refractivity contribution < 1.29 is 14.3 Å². The van der Waals surface area contributed by atoms with Crippen molar-refractivity contribution in [1.29, 1.82) is 0 Å². The maximum absolute atomic E-state index is 5.61. The van der Waals surface area contributed by atoms with Gasteiger partial charge in [-0.15, -0.1) is 0 Å². The summed E-state index contributed by atoms with van der Waals surface area (Å²) in [7, 11) is 1.68. The largest absolute Gasteiger partial charge is 0.497 e. The van der Waals surface area contributed by atoms with Crippen LogP contribution in [0.1, 0.15) is 18.9 Å². The molecule has 0 heterocycles. The van der Waals surface area contributed by atoms with Gasteiger partial charge in [0.2, 0.25) is 0 Å². The Morgan fingerprint density at radius 2 is 1.54 bits per heavy atom. The van der Waals surface area contributed by atoms with Crippen LogP contribution in [0.3, 0.4) is 0 Å². The zero-order valence-corrected chi connectivity index (χ0v) is 16.3. The summed E-state index contributed by atoms with van der Waals surface area (Å²) < 4.78 is 10.9.